The molecule has 0 saturated heterocycles. The molecule has 2 aromatic carbocycles. The molecule has 0 aliphatic rings. The van der Waals surface area contributed by atoms with E-state index < -0.39 is 0 Å². The van der Waals surface area contributed by atoms with E-state index in [9.17, 15) is 0 Å². The predicted octanol–water partition coefficient (Wildman–Crippen LogP) is 4.72. The van der Waals surface area contributed by atoms with Crippen LogP contribution in [-0.2, 0) is 6.54 Å². The van der Waals surface area contributed by atoms with Crippen LogP contribution in [0.2, 0.25) is 5.02 Å². The minimum absolute atomic E-state index is 0.702. The van der Waals surface area contributed by atoms with Crippen molar-refractivity contribution in [3.63, 3.8) is 0 Å². The van der Waals surface area contributed by atoms with Gasteiger partial charge < -0.3 is 5.32 Å². The van der Waals surface area contributed by atoms with E-state index in [0.29, 0.717) is 5.02 Å². The molecule has 0 aliphatic carbocycles. The zero-order chi connectivity index (χ0) is 12.8. The van der Waals surface area contributed by atoms with Gasteiger partial charge in [-0.3, -0.25) is 0 Å². The normalized spacial score (nSPS) is 10.8. The lowest BCUT2D eigenvalue weighted by atomic mass is 10.1. The molecule has 0 amide bonds. The fraction of sp³-hybridized carbons (Fsp3) is 0.0714. The maximum atomic E-state index is 6.16. The highest BCUT2D eigenvalue weighted by Crippen LogP contribution is 2.23. The monoisotopic (exact) mass is 370 g/mol. The second-order valence-corrected chi connectivity index (χ2v) is 4.73. The molecule has 0 unspecified atom stereocenters. The van der Waals surface area contributed by atoms with Crippen LogP contribution in [0.3, 0.4) is 0 Å². The molecule has 0 fully saturated rings. The maximum absolute atomic E-state index is 6.16. The molecule has 0 spiro atoms. The first-order valence-electron chi connectivity index (χ1n) is 5.52. The molecule has 18 heavy (non-hydrogen) atoms. The summed E-state index contributed by atoms with van der Waals surface area (Å²) < 4.78 is 4.00. The largest absolute Gasteiger partial charge is 0.380 e. The Kier molecular flexibility index (Phi) is 5.01. The van der Waals surface area contributed by atoms with Crippen LogP contribution in [0.1, 0.15) is 11.1 Å². The van der Waals surface area contributed by atoms with E-state index in [1.807, 2.05) is 59.3 Å². The molecule has 2 nitrogen and oxygen atoms in total. The van der Waals surface area contributed by atoms with E-state index in [0.717, 1.165) is 17.8 Å². The third-order valence-electron chi connectivity index (χ3n) is 2.56. The molecule has 0 heterocycles. The number of anilines is 1. The minimum Gasteiger partial charge on any atom is -0.380 e. The first-order valence-corrected chi connectivity index (χ1v) is 6.86. The molecule has 92 valence electrons. The summed E-state index contributed by atoms with van der Waals surface area (Å²) in [6.07, 6.45) is 1.76. The van der Waals surface area contributed by atoms with Gasteiger partial charge in [0.15, 0.2) is 0 Å². The smallest absolute Gasteiger partial charge is 0.0831 e. The molecular weight excluding hydrogens is 359 g/mol. The van der Waals surface area contributed by atoms with E-state index >= 15 is 0 Å². The summed E-state index contributed by atoms with van der Waals surface area (Å²) in [7, 11) is 0. The number of hydrogen-bond donors (Lipinski definition) is 1. The lowest BCUT2D eigenvalue weighted by Crippen LogP contribution is -2.02. The Hall–Kier alpha value is -1.07. The van der Waals surface area contributed by atoms with Gasteiger partial charge in [-0.2, -0.15) is 0 Å². The SMILES string of the molecule is Clc1cccc(NCc2ccccc2)c1/C=N\I. The Morgan fingerprint density at radius 3 is 2.61 bits per heavy atom. The van der Waals surface area contributed by atoms with Crippen molar-refractivity contribution in [3.05, 3.63) is 64.7 Å². The van der Waals surface area contributed by atoms with Crippen LogP contribution in [0, 0.1) is 0 Å². The number of rotatable bonds is 4. The quantitative estimate of drug-likeness (QED) is 0.611. The van der Waals surface area contributed by atoms with Crippen molar-refractivity contribution in [2.75, 3.05) is 5.32 Å². The van der Waals surface area contributed by atoms with Crippen molar-refractivity contribution in [2.24, 2.45) is 3.21 Å². The standard InChI is InChI=1S/C14H12ClIN2/c15-13-7-4-8-14(12(13)10-18-16)17-9-11-5-2-1-3-6-11/h1-8,10,17H,9H2/b18-10-. The highest BCUT2D eigenvalue weighted by atomic mass is 127. The number of nitrogens with one attached hydrogen (secondary N) is 1. The summed E-state index contributed by atoms with van der Waals surface area (Å²) >= 11 is 8.10. The van der Waals surface area contributed by atoms with Crippen molar-refractivity contribution < 1.29 is 0 Å². The summed E-state index contributed by atoms with van der Waals surface area (Å²) in [6, 6.07) is 16.0. The van der Waals surface area contributed by atoms with Gasteiger partial charge >= 0.3 is 0 Å². The van der Waals surface area contributed by atoms with Crippen LogP contribution in [0.25, 0.3) is 0 Å². The summed E-state index contributed by atoms with van der Waals surface area (Å²) in [5, 5.41) is 4.08. The van der Waals surface area contributed by atoms with Crippen LogP contribution < -0.4 is 5.32 Å². The highest BCUT2D eigenvalue weighted by Gasteiger charge is 2.04. The van der Waals surface area contributed by atoms with Crippen LogP contribution in [0.5, 0.6) is 0 Å². The van der Waals surface area contributed by atoms with Crippen molar-refractivity contribution in [1.29, 1.82) is 0 Å². The number of halogens is 2. The summed E-state index contributed by atoms with van der Waals surface area (Å²) in [4.78, 5) is 0. The van der Waals surface area contributed by atoms with Gasteiger partial charge in [0.25, 0.3) is 0 Å². The van der Waals surface area contributed by atoms with E-state index in [2.05, 4.69) is 20.7 Å². The molecule has 0 aliphatic heterocycles. The van der Waals surface area contributed by atoms with Gasteiger partial charge in [0, 0.05) is 24.0 Å². The van der Waals surface area contributed by atoms with E-state index in [-0.39, 0.29) is 0 Å². The topological polar surface area (TPSA) is 24.4 Å². The van der Waals surface area contributed by atoms with Gasteiger partial charge in [-0.15, -0.1) is 0 Å². The average molecular weight is 371 g/mol. The Labute approximate surface area is 126 Å². The van der Waals surface area contributed by atoms with Gasteiger partial charge in [0.05, 0.1) is 27.9 Å². The lowest BCUT2D eigenvalue weighted by molar-refractivity contribution is 1.15. The Balaban J connectivity index is 2.17. The van der Waals surface area contributed by atoms with Crippen molar-refractivity contribution in [2.45, 2.75) is 6.54 Å². The number of hydrogen-bond acceptors (Lipinski definition) is 2. The zero-order valence-corrected chi connectivity index (χ0v) is 12.5. The van der Waals surface area contributed by atoms with Gasteiger partial charge in [-0.05, 0) is 17.7 Å². The molecule has 4 heteroatoms. The molecule has 0 saturated carbocycles. The van der Waals surface area contributed by atoms with Crippen LogP contribution in [0.4, 0.5) is 5.69 Å². The van der Waals surface area contributed by atoms with Crippen molar-refractivity contribution >= 4 is 46.4 Å². The second kappa shape index (κ2) is 6.75. The highest BCUT2D eigenvalue weighted by molar-refractivity contribution is 14.1. The third kappa shape index (κ3) is 3.46. The first kappa shape index (κ1) is 13.4. The fourth-order valence-corrected chi connectivity index (χ4v) is 2.17. The number of benzene rings is 2. The van der Waals surface area contributed by atoms with E-state index in [1.54, 1.807) is 6.21 Å². The van der Waals surface area contributed by atoms with E-state index in [1.165, 1.54) is 5.56 Å². The van der Waals surface area contributed by atoms with Crippen LogP contribution in [-0.4, -0.2) is 6.21 Å². The van der Waals surface area contributed by atoms with Gasteiger partial charge in [0.1, 0.15) is 0 Å². The van der Waals surface area contributed by atoms with Crippen LogP contribution >= 0.6 is 34.5 Å². The molecule has 1 N–H and O–H groups in total. The Morgan fingerprint density at radius 2 is 1.89 bits per heavy atom. The summed E-state index contributed by atoms with van der Waals surface area (Å²) in [5.41, 5.74) is 3.14. The molecule has 0 radical (unpaired) electrons. The summed E-state index contributed by atoms with van der Waals surface area (Å²) in [5.74, 6) is 0. The van der Waals surface area contributed by atoms with Gasteiger partial charge in [-0.1, -0.05) is 48.0 Å². The fourth-order valence-electron chi connectivity index (χ4n) is 1.66. The molecule has 0 bridgehead atoms. The predicted molar refractivity (Wildman–Crippen MR) is 86.8 cm³/mol. The molecule has 2 rings (SSSR count). The number of nitrogens with zero attached hydrogens (tertiary/aromatic N) is 1. The average Bonchev–Trinajstić information content (AvgIpc) is 2.41. The van der Waals surface area contributed by atoms with E-state index in [4.69, 9.17) is 11.6 Å². The first-order chi connectivity index (χ1) is 8.81. The Bertz CT molecular complexity index is 541. The van der Waals surface area contributed by atoms with Crippen LogP contribution in [0.15, 0.2) is 51.7 Å². The van der Waals surface area contributed by atoms with Gasteiger partial charge in [0.2, 0.25) is 0 Å². The Morgan fingerprint density at radius 1 is 1.11 bits per heavy atom. The molecule has 2 aromatic rings. The third-order valence-corrected chi connectivity index (χ3v) is 3.16. The zero-order valence-electron chi connectivity index (χ0n) is 9.61. The minimum atomic E-state index is 0.702. The van der Waals surface area contributed by atoms with Crippen molar-refractivity contribution in [3.8, 4) is 0 Å². The summed E-state index contributed by atoms with van der Waals surface area (Å²) in [6.45, 7) is 0.767. The molecule has 0 aromatic heterocycles. The maximum Gasteiger partial charge on any atom is 0.0831 e. The second-order valence-electron chi connectivity index (χ2n) is 3.77. The van der Waals surface area contributed by atoms with Crippen molar-refractivity contribution in [1.82, 2.24) is 0 Å². The van der Waals surface area contributed by atoms with Gasteiger partial charge in [-0.25, -0.2) is 3.21 Å². The molecular formula is C14H12ClIN2. The lowest BCUT2D eigenvalue weighted by Gasteiger charge is -2.10. The molecule has 0 atom stereocenters.